The molecule has 0 N–H and O–H groups in total. The highest BCUT2D eigenvalue weighted by Gasteiger charge is 2.22. The van der Waals surface area contributed by atoms with E-state index in [4.69, 9.17) is 18.5 Å². The van der Waals surface area contributed by atoms with Gasteiger partial charge < -0.3 is 27.9 Å². The van der Waals surface area contributed by atoms with Gasteiger partial charge in [0.05, 0.1) is 27.7 Å². The second-order valence-corrected chi connectivity index (χ2v) is 22.8. The summed E-state index contributed by atoms with van der Waals surface area (Å²) in [5, 5.41) is 0. The number of hydrogen-bond donors (Lipinski definition) is 0. The summed E-state index contributed by atoms with van der Waals surface area (Å²) in [6.45, 7) is 4.28. The average molecular weight is 973 g/mol. The highest BCUT2D eigenvalue weighted by Crippen LogP contribution is 2.38. The molecule has 2 unspecified atom stereocenters. The Morgan fingerprint density at radius 1 is 0.403 bits per heavy atom. The fraction of sp³-hybridized carbons (Fsp3) is 0.965. The molecule has 0 aliphatic heterocycles. The van der Waals surface area contributed by atoms with E-state index in [9.17, 15) is 19.0 Å². The van der Waals surface area contributed by atoms with E-state index in [1.807, 2.05) is 21.1 Å². The highest BCUT2D eigenvalue weighted by atomic mass is 31.2. The SMILES string of the molecule is CCCCCCCCCCCCCCCCCCCCCCCCCCCCCCCCCCC(=O)OC(COC(=O)CCCCCCCCCCCCC)COP(=O)([O-])OCC[N+](C)(C)C. The van der Waals surface area contributed by atoms with Crippen LogP contribution in [0.25, 0.3) is 0 Å². The molecule has 9 nitrogen and oxygen atoms in total. The van der Waals surface area contributed by atoms with Crippen LogP contribution in [0, 0.1) is 0 Å². The van der Waals surface area contributed by atoms with Gasteiger partial charge in [0.2, 0.25) is 0 Å². The van der Waals surface area contributed by atoms with Crippen molar-refractivity contribution >= 4 is 19.8 Å². The summed E-state index contributed by atoms with van der Waals surface area (Å²) in [6, 6.07) is 0. The van der Waals surface area contributed by atoms with E-state index in [-0.39, 0.29) is 32.0 Å². The number of carbonyl (C=O) groups is 2. The van der Waals surface area contributed by atoms with Gasteiger partial charge in [0.1, 0.15) is 19.8 Å². The van der Waals surface area contributed by atoms with Gasteiger partial charge in [-0.15, -0.1) is 0 Å². The third-order valence-electron chi connectivity index (χ3n) is 13.4. The first-order valence-electron chi connectivity index (χ1n) is 29.2. The molecule has 0 heterocycles. The third-order valence-corrected chi connectivity index (χ3v) is 14.3. The van der Waals surface area contributed by atoms with Crippen LogP contribution in [0.2, 0.25) is 0 Å². The molecule has 0 saturated heterocycles. The van der Waals surface area contributed by atoms with Crippen LogP contribution >= 0.6 is 7.82 Å². The molecule has 0 aliphatic rings. The van der Waals surface area contributed by atoms with Crippen LogP contribution in [0.5, 0.6) is 0 Å². The molecule has 0 bridgehead atoms. The summed E-state index contributed by atoms with van der Waals surface area (Å²) in [5.41, 5.74) is 0. The monoisotopic (exact) mass is 972 g/mol. The zero-order valence-corrected chi connectivity index (χ0v) is 46.3. The summed E-state index contributed by atoms with van der Waals surface area (Å²) in [6.07, 6.45) is 56.1. The van der Waals surface area contributed by atoms with Gasteiger partial charge in [-0.25, -0.2) is 0 Å². The lowest BCUT2D eigenvalue weighted by molar-refractivity contribution is -0.870. The molecule has 10 heteroatoms. The molecule has 0 saturated carbocycles. The van der Waals surface area contributed by atoms with Crippen LogP contribution in [-0.4, -0.2) is 70.0 Å². The van der Waals surface area contributed by atoms with Crippen molar-refractivity contribution in [3.63, 3.8) is 0 Å². The summed E-state index contributed by atoms with van der Waals surface area (Å²) in [5.74, 6) is -0.815. The number of ether oxygens (including phenoxy) is 2. The van der Waals surface area contributed by atoms with Crippen molar-refractivity contribution in [1.82, 2.24) is 0 Å². The van der Waals surface area contributed by atoms with Crippen LogP contribution in [0.1, 0.15) is 303 Å². The Balaban J connectivity index is 3.92. The number of nitrogens with zero attached hydrogens (tertiary/aromatic N) is 1. The Morgan fingerprint density at radius 3 is 0.955 bits per heavy atom. The van der Waals surface area contributed by atoms with Crippen LogP contribution in [0.15, 0.2) is 0 Å². The summed E-state index contributed by atoms with van der Waals surface area (Å²) >= 11 is 0. The second-order valence-electron chi connectivity index (χ2n) is 21.4. The zero-order valence-electron chi connectivity index (χ0n) is 45.4. The number of quaternary nitrogens is 1. The molecular formula is C57H114NO8P. The molecule has 0 spiro atoms. The Kier molecular flexibility index (Phi) is 49.2. The minimum Gasteiger partial charge on any atom is -0.756 e. The number of unbranched alkanes of at least 4 members (excludes halogenated alkanes) is 41. The van der Waals surface area contributed by atoms with Gasteiger partial charge in [0.25, 0.3) is 7.82 Å². The minimum absolute atomic E-state index is 0.0254. The molecule has 0 aromatic carbocycles. The maximum Gasteiger partial charge on any atom is 0.306 e. The lowest BCUT2D eigenvalue weighted by atomic mass is 10.0. The van der Waals surface area contributed by atoms with Gasteiger partial charge in [-0.1, -0.05) is 277 Å². The maximum absolute atomic E-state index is 12.8. The summed E-state index contributed by atoms with van der Waals surface area (Å²) in [7, 11) is 1.19. The predicted octanol–water partition coefficient (Wildman–Crippen LogP) is 17.2. The summed E-state index contributed by atoms with van der Waals surface area (Å²) < 4.78 is 34.1. The van der Waals surface area contributed by atoms with Gasteiger partial charge >= 0.3 is 11.9 Å². The van der Waals surface area contributed by atoms with Crippen LogP contribution in [0.4, 0.5) is 0 Å². The topological polar surface area (TPSA) is 111 Å². The van der Waals surface area contributed by atoms with Gasteiger partial charge in [-0.3, -0.25) is 14.2 Å². The number of phosphoric acid groups is 1. The first kappa shape index (κ1) is 66.0. The molecule has 0 rings (SSSR count). The highest BCUT2D eigenvalue weighted by molar-refractivity contribution is 7.45. The van der Waals surface area contributed by atoms with Gasteiger partial charge in [-0.05, 0) is 12.8 Å². The van der Waals surface area contributed by atoms with E-state index in [1.54, 1.807) is 0 Å². The van der Waals surface area contributed by atoms with Crippen LogP contribution < -0.4 is 4.89 Å². The molecule has 0 aromatic heterocycles. The first-order chi connectivity index (χ1) is 32.5. The van der Waals surface area contributed by atoms with Gasteiger partial charge in [0.15, 0.2) is 6.10 Å². The normalized spacial score (nSPS) is 13.2. The number of carbonyl (C=O) groups excluding carboxylic acids is 2. The molecule has 0 fully saturated rings. The number of esters is 2. The smallest absolute Gasteiger partial charge is 0.306 e. The average Bonchev–Trinajstić information content (AvgIpc) is 3.29. The van der Waals surface area contributed by atoms with Crippen LogP contribution in [0.3, 0.4) is 0 Å². The maximum atomic E-state index is 12.8. The largest absolute Gasteiger partial charge is 0.756 e. The number of phosphoric ester groups is 1. The lowest BCUT2D eigenvalue weighted by Gasteiger charge is -2.28. The Bertz CT molecular complexity index is 1100. The lowest BCUT2D eigenvalue weighted by Crippen LogP contribution is -2.37. The molecule has 67 heavy (non-hydrogen) atoms. The van der Waals surface area contributed by atoms with E-state index < -0.39 is 26.5 Å². The first-order valence-corrected chi connectivity index (χ1v) is 30.7. The van der Waals surface area contributed by atoms with Crippen molar-refractivity contribution in [2.45, 2.75) is 309 Å². The van der Waals surface area contributed by atoms with E-state index in [0.717, 1.165) is 32.1 Å². The zero-order chi connectivity index (χ0) is 49.2. The molecule has 2 atom stereocenters. The van der Waals surface area contributed by atoms with Crippen molar-refractivity contribution in [3.8, 4) is 0 Å². The van der Waals surface area contributed by atoms with Gasteiger partial charge in [0, 0.05) is 12.8 Å². The minimum atomic E-state index is -4.62. The Hall–Kier alpha value is -0.990. The quantitative estimate of drug-likeness (QED) is 0.0256. The molecule has 0 aliphatic carbocycles. The van der Waals surface area contributed by atoms with E-state index in [0.29, 0.717) is 17.4 Å². The molecular weight excluding hydrogens is 858 g/mol. The fourth-order valence-electron chi connectivity index (χ4n) is 8.84. The molecule has 0 aromatic rings. The van der Waals surface area contributed by atoms with Crippen molar-refractivity contribution < 1.29 is 42.1 Å². The summed E-state index contributed by atoms with van der Waals surface area (Å²) in [4.78, 5) is 37.7. The molecule has 0 radical (unpaired) electrons. The van der Waals surface area contributed by atoms with E-state index in [1.165, 1.54) is 238 Å². The van der Waals surface area contributed by atoms with Crippen LogP contribution in [-0.2, 0) is 32.7 Å². The van der Waals surface area contributed by atoms with Crippen molar-refractivity contribution in [1.29, 1.82) is 0 Å². The number of likely N-dealkylation sites (N-methyl/N-ethyl adjacent to an activating group) is 1. The van der Waals surface area contributed by atoms with E-state index in [2.05, 4.69) is 13.8 Å². The van der Waals surface area contributed by atoms with E-state index >= 15 is 0 Å². The van der Waals surface area contributed by atoms with Gasteiger partial charge in [-0.2, -0.15) is 0 Å². The van der Waals surface area contributed by atoms with Crippen molar-refractivity contribution in [2.24, 2.45) is 0 Å². The molecule has 0 amide bonds. The number of rotatable bonds is 55. The molecule has 400 valence electrons. The van der Waals surface area contributed by atoms with Crippen molar-refractivity contribution in [2.75, 3.05) is 47.5 Å². The van der Waals surface area contributed by atoms with Crippen molar-refractivity contribution in [3.05, 3.63) is 0 Å². The second kappa shape index (κ2) is 50.0. The predicted molar refractivity (Wildman–Crippen MR) is 282 cm³/mol. The Labute approximate surface area is 416 Å². The number of hydrogen-bond acceptors (Lipinski definition) is 8. The third kappa shape index (κ3) is 54.2. The Morgan fingerprint density at radius 2 is 0.672 bits per heavy atom. The standard InChI is InChI=1S/C57H114NO8P/c1-6-8-10-12-14-16-18-19-20-21-22-23-24-25-26-27-28-29-30-31-32-33-34-35-36-37-38-40-42-44-46-48-50-57(60)66-55(54-65-67(61,62)64-52-51-58(3,4)5)53-63-56(59)49-47-45-43-41-39-17-15-13-11-9-7-2/h55H,6-54H2,1-5H3. The fourth-order valence-corrected chi connectivity index (χ4v) is 9.57.